The first kappa shape index (κ1) is 23.5. The highest BCUT2D eigenvalue weighted by Gasteiger charge is 2.25. The van der Waals surface area contributed by atoms with E-state index in [9.17, 15) is 23.1 Å². The summed E-state index contributed by atoms with van der Waals surface area (Å²) in [6.07, 6.45) is 1.61. The number of halogens is 1. The molecule has 0 saturated heterocycles. The first-order chi connectivity index (χ1) is 15.3. The van der Waals surface area contributed by atoms with Gasteiger partial charge in [0.25, 0.3) is 5.91 Å². The molecule has 0 saturated carbocycles. The van der Waals surface area contributed by atoms with Crippen LogP contribution < -0.4 is 10.0 Å². The largest absolute Gasteiger partial charge is 0.480 e. The molecule has 3 aromatic rings. The van der Waals surface area contributed by atoms with Crippen molar-refractivity contribution < 1.29 is 27.5 Å². The second-order valence-corrected chi connectivity index (χ2v) is 9.07. The van der Waals surface area contributed by atoms with Crippen LogP contribution in [0.2, 0.25) is 5.02 Å². The Bertz CT molecular complexity index is 1160. The molecule has 0 bridgehead atoms. The van der Waals surface area contributed by atoms with Crippen molar-refractivity contribution in [1.82, 2.24) is 10.0 Å². The van der Waals surface area contributed by atoms with Crippen LogP contribution in [0.4, 0.5) is 0 Å². The van der Waals surface area contributed by atoms with Crippen molar-refractivity contribution in [3.8, 4) is 11.1 Å². The maximum Gasteiger partial charge on any atom is 0.321 e. The zero-order valence-corrected chi connectivity index (χ0v) is 18.4. The van der Waals surface area contributed by atoms with Gasteiger partial charge in [-0.15, -0.1) is 0 Å². The Balaban J connectivity index is 1.59. The number of amides is 1. The molecular formula is C22H21ClN2O6S. The topological polar surface area (TPSA) is 126 Å². The molecule has 1 amide bonds. The molecule has 0 spiro atoms. The molecule has 1 aromatic heterocycles. The summed E-state index contributed by atoms with van der Waals surface area (Å²) in [5.41, 5.74) is 1.66. The lowest BCUT2D eigenvalue weighted by Crippen LogP contribution is -2.41. The number of benzene rings is 2. The van der Waals surface area contributed by atoms with E-state index >= 15 is 0 Å². The van der Waals surface area contributed by atoms with Crippen molar-refractivity contribution >= 4 is 33.5 Å². The highest BCUT2D eigenvalue weighted by Crippen LogP contribution is 2.23. The summed E-state index contributed by atoms with van der Waals surface area (Å²) in [7, 11) is -4.05. The Morgan fingerprint density at radius 1 is 1.00 bits per heavy atom. The zero-order valence-electron chi connectivity index (χ0n) is 16.8. The molecule has 0 aliphatic carbocycles. The summed E-state index contributed by atoms with van der Waals surface area (Å²) in [6.45, 7) is 0.167. The molecule has 3 rings (SSSR count). The van der Waals surface area contributed by atoms with Crippen LogP contribution >= 0.6 is 11.6 Å². The van der Waals surface area contributed by atoms with Gasteiger partial charge in [0.2, 0.25) is 10.0 Å². The van der Waals surface area contributed by atoms with Crippen LogP contribution in [0, 0.1) is 0 Å². The van der Waals surface area contributed by atoms with Gasteiger partial charge >= 0.3 is 5.97 Å². The third-order valence-electron chi connectivity index (χ3n) is 4.64. The van der Waals surface area contributed by atoms with Gasteiger partial charge in [0.1, 0.15) is 6.04 Å². The molecule has 0 aliphatic heterocycles. The molecular weight excluding hydrogens is 456 g/mol. The van der Waals surface area contributed by atoms with Gasteiger partial charge < -0.3 is 14.8 Å². The monoisotopic (exact) mass is 476 g/mol. The van der Waals surface area contributed by atoms with Crippen molar-refractivity contribution in [2.75, 3.05) is 6.54 Å². The molecule has 1 atom stereocenters. The van der Waals surface area contributed by atoms with E-state index in [0.717, 1.165) is 11.1 Å². The number of carbonyl (C=O) groups excluding carboxylic acids is 1. The van der Waals surface area contributed by atoms with Crippen molar-refractivity contribution in [3.63, 3.8) is 0 Å². The number of rotatable bonds is 10. The van der Waals surface area contributed by atoms with Gasteiger partial charge in [0.15, 0.2) is 5.76 Å². The predicted octanol–water partition coefficient (Wildman–Crippen LogP) is 3.54. The van der Waals surface area contributed by atoms with Crippen LogP contribution in [0.5, 0.6) is 0 Å². The molecule has 32 heavy (non-hydrogen) atoms. The normalized spacial score (nSPS) is 12.3. The van der Waals surface area contributed by atoms with Crippen molar-refractivity contribution in [3.05, 3.63) is 77.7 Å². The van der Waals surface area contributed by atoms with Crippen LogP contribution in [0.3, 0.4) is 0 Å². The second-order valence-electron chi connectivity index (χ2n) is 6.92. The van der Waals surface area contributed by atoms with E-state index in [1.165, 1.54) is 24.5 Å². The second kappa shape index (κ2) is 10.4. The summed E-state index contributed by atoms with van der Waals surface area (Å²) in [5, 5.41) is 12.6. The molecule has 0 radical (unpaired) electrons. The minimum atomic E-state index is -4.05. The van der Waals surface area contributed by atoms with E-state index in [0.29, 0.717) is 5.02 Å². The van der Waals surface area contributed by atoms with Gasteiger partial charge in [-0.25, -0.2) is 8.42 Å². The van der Waals surface area contributed by atoms with Gasteiger partial charge in [0, 0.05) is 11.6 Å². The number of furan rings is 1. The Hall–Kier alpha value is -3.14. The third-order valence-corrected chi connectivity index (χ3v) is 6.38. The smallest absolute Gasteiger partial charge is 0.321 e. The van der Waals surface area contributed by atoms with Gasteiger partial charge in [-0.05, 0) is 60.4 Å². The molecule has 1 heterocycles. The molecule has 0 aliphatic rings. The zero-order chi connectivity index (χ0) is 23.1. The van der Waals surface area contributed by atoms with E-state index in [1.54, 1.807) is 30.3 Å². The fourth-order valence-corrected chi connectivity index (χ4v) is 4.31. The average molecular weight is 477 g/mol. The van der Waals surface area contributed by atoms with Crippen molar-refractivity contribution in [2.45, 2.75) is 23.8 Å². The van der Waals surface area contributed by atoms with E-state index in [-0.39, 0.29) is 30.0 Å². The van der Waals surface area contributed by atoms with Crippen LogP contribution in [-0.2, 0) is 14.8 Å². The number of hydrogen-bond acceptors (Lipinski definition) is 5. The number of carboxylic acids is 1. The predicted molar refractivity (Wildman–Crippen MR) is 119 cm³/mol. The van der Waals surface area contributed by atoms with Gasteiger partial charge in [-0.1, -0.05) is 35.9 Å². The summed E-state index contributed by atoms with van der Waals surface area (Å²) >= 11 is 5.88. The molecule has 8 nitrogen and oxygen atoms in total. The molecule has 3 N–H and O–H groups in total. The number of aliphatic carboxylic acids is 1. The van der Waals surface area contributed by atoms with E-state index < -0.39 is 27.9 Å². The van der Waals surface area contributed by atoms with Crippen LogP contribution in [0.25, 0.3) is 11.1 Å². The summed E-state index contributed by atoms with van der Waals surface area (Å²) in [5.74, 6) is -1.59. The summed E-state index contributed by atoms with van der Waals surface area (Å²) in [6, 6.07) is 14.9. The van der Waals surface area contributed by atoms with Crippen LogP contribution in [0.15, 0.2) is 76.2 Å². The maximum atomic E-state index is 12.7. The fourth-order valence-electron chi connectivity index (χ4n) is 2.96. The van der Waals surface area contributed by atoms with E-state index in [1.807, 2.05) is 12.1 Å². The number of carboxylic acid groups (broad SMARTS) is 1. The SMILES string of the molecule is O=C(NCCCC(NS(=O)(=O)c1ccc(-c2ccc(Cl)cc2)cc1)C(=O)O)c1ccco1. The number of sulfonamides is 1. The maximum absolute atomic E-state index is 12.7. The quantitative estimate of drug-likeness (QED) is 0.384. The summed E-state index contributed by atoms with van der Waals surface area (Å²) in [4.78, 5) is 23.3. The Labute approximate surface area is 190 Å². The highest BCUT2D eigenvalue weighted by molar-refractivity contribution is 7.89. The first-order valence-corrected chi connectivity index (χ1v) is 11.6. The lowest BCUT2D eigenvalue weighted by molar-refractivity contribution is -0.139. The van der Waals surface area contributed by atoms with Crippen LogP contribution in [0.1, 0.15) is 23.4 Å². The Morgan fingerprint density at radius 3 is 2.19 bits per heavy atom. The molecule has 10 heteroatoms. The molecule has 1 unspecified atom stereocenters. The Morgan fingerprint density at radius 2 is 1.62 bits per heavy atom. The lowest BCUT2D eigenvalue weighted by Gasteiger charge is -2.15. The standard InChI is InChI=1S/C22H21ClN2O6S/c23-17-9-5-15(6-10-17)16-7-11-18(12-8-16)32(29,30)25-19(22(27)28)3-1-13-24-21(26)20-4-2-14-31-20/h2,4-12,14,19,25H,1,3,13H2,(H,24,26)(H,27,28). The van der Waals surface area contributed by atoms with E-state index in [4.69, 9.17) is 16.0 Å². The molecule has 168 valence electrons. The molecule has 0 fully saturated rings. The lowest BCUT2D eigenvalue weighted by atomic mass is 10.1. The number of nitrogens with one attached hydrogen (secondary N) is 2. The minimum absolute atomic E-state index is 0.00411. The van der Waals surface area contributed by atoms with E-state index in [2.05, 4.69) is 10.0 Å². The van der Waals surface area contributed by atoms with Gasteiger partial charge in [-0.3, -0.25) is 9.59 Å². The third kappa shape index (κ3) is 6.19. The number of hydrogen-bond donors (Lipinski definition) is 3. The summed E-state index contributed by atoms with van der Waals surface area (Å²) < 4.78 is 32.5. The van der Waals surface area contributed by atoms with Gasteiger partial charge in [0.05, 0.1) is 11.2 Å². The first-order valence-electron chi connectivity index (χ1n) is 9.69. The highest BCUT2D eigenvalue weighted by atomic mass is 35.5. The Kier molecular flexibility index (Phi) is 7.68. The average Bonchev–Trinajstić information content (AvgIpc) is 3.31. The van der Waals surface area contributed by atoms with Crippen molar-refractivity contribution in [1.29, 1.82) is 0 Å². The minimum Gasteiger partial charge on any atom is -0.480 e. The van der Waals surface area contributed by atoms with Crippen molar-refractivity contribution in [2.24, 2.45) is 0 Å². The van der Waals surface area contributed by atoms with Crippen LogP contribution in [-0.4, -0.2) is 38.0 Å². The number of carbonyl (C=O) groups is 2. The molecule has 2 aromatic carbocycles. The van der Waals surface area contributed by atoms with Gasteiger partial charge in [-0.2, -0.15) is 4.72 Å². The fraction of sp³-hybridized carbons (Fsp3) is 0.182.